The highest BCUT2D eigenvalue weighted by Gasteiger charge is 2.29. The molecule has 1 aliphatic rings. The molecule has 0 fully saturated rings. The maximum atomic E-state index is 4.55. The zero-order valence-corrected chi connectivity index (χ0v) is 11.1. The molecule has 3 nitrogen and oxygen atoms in total. The Labute approximate surface area is 109 Å². The van der Waals surface area contributed by atoms with E-state index in [2.05, 4.69) is 59.8 Å². The highest BCUT2D eigenvalue weighted by Crippen LogP contribution is 2.29. The van der Waals surface area contributed by atoms with Crippen LogP contribution in [0.3, 0.4) is 0 Å². The minimum atomic E-state index is -0.158. The van der Waals surface area contributed by atoms with Crippen molar-refractivity contribution in [2.45, 2.75) is 25.8 Å². The van der Waals surface area contributed by atoms with E-state index in [1.54, 1.807) is 0 Å². The first-order valence-electron chi connectivity index (χ1n) is 6.60. The van der Waals surface area contributed by atoms with E-state index < -0.39 is 0 Å². The maximum Gasteiger partial charge on any atom is 0.0832 e. The summed E-state index contributed by atoms with van der Waals surface area (Å²) in [5.74, 6) is 0. The van der Waals surface area contributed by atoms with Crippen molar-refractivity contribution in [3.05, 3.63) is 48.3 Å². The fourth-order valence-corrected chi connectivity index (χ4v) is 2.34. The van der Waals surface area contributed by atoms with E-state index in [0.717, 1.165) is 30.9 Å². The molecule has 0 aliphatic heterocycles. The lowest BCUT2D eigenvalue weighted by atomic mass is 9.87. The van der Waals surface area contributed by atoms with Gasteiger partial charge in [-0.3, -0.25) is 4.98 Å². The fourth-order valence-electron chi connectivity index (χ4n) is 2.34. The van der Waals surface area contributed by atoms with E-state index >= 15 is 0 Å². The third-order valence-electron chi connectivity index (χ3n) is 3.16. The van der Waals surface area contributed by atoms with Gasteiger partial charge in [-0.05, 0) is 32.0 Å². The lowest BCUT2D eigenvalue weighted by Crippen LogP contribution is -2.41. The summed E-state index contributed by atoms with van der Waals surface area (Å²) in [6.07, 6.45) is 11.4. The zero-order chi connectivity index (χ0) is 12.8. The number of rotatable bonds is 5. The van der Waals surface area contributed by atoms with Gasteiger partial charge in [0.05, 0.1) is 11.2 Å². The Morgan fingerprint density at radius 1 is 1.28 bits per heavy atom. The van der Waals surface area contributed by atoms with Crippen molar-refractivity contribution < 1.29 is 0 Å². The number of allylic oxidation sites excluding steroid dienone is 2. The van der Waals surface area contributed by atoms with Gasteiger partial charge in [0, 0.05) is 18.4 Å². The van der Waals surface area contributed by atoms with Crippen molar-refractivity contribution in [2.24, 2.45) is 0 Å². The molecule has 3 heteroatoms. The second-order valence-corrected chi connectivity index (χ2v) is 4.45. The Hall–Kier alpha value is -1.61. The molecule has 1 aromatic rings. The lowest BCUT2D eigenvalue weighted by Gasteiger charge is -2.32. The van der Waals surface area contributed by atoms with Gasteiger partial charge in [-0.25, -0.2) is 0 Å². The fraction of sp³-hybridized carbons (Fsp3) is 0.400. The van der Waals surface area contributed by atoms with Crippen molar-refractivity contribution in [1.29, 1.82) is 0 Å². The summed E-state index contributed by atoms with van der Waals surface area (Å²) in [6.45, 7) is 6.07. The summed E-state index contributed by atoms with van der Waals surface area (Å²) in [4.78, 5) is 4.55. The summed E-state index contributed by atoms with van der Waals surface area (Å²) in [5.41, 5.74) is 2.04. The first-order chi connectivity index (χ1) is 8.80. The van der Waals surface area contributed by atoms with Gasteiger partial charge in [0.25, 0.3) is 0 Å². The Balaban J connectivity index is 2.33. The molecular weight excluding hydrogens is 222 g/mol. The molecule has 0 saturated heterocycles. The first kappa shape index (κ1) is 12.8. The monoisotopic (exact) mass is 243 g/mol. The van der Waals surface area contributed by atoms with Crippen LogP contribution in [0.1, 0.15) is 26.0 Å². The smallest absolute Gasteiger partial charge is 0.0832 e. The predicted molar refractivity (Wildman–Crippen MR) is 76.7 cm³/mol. The summed E-state index contributed by atoms with van der Waals surface area (Å²) >= 11 is 0. The Morgan fingerprint density at radius 3 is 2.83 bits per heavy atom. The number of nitrogens with one attached hydrogen (secondary N) is 2. The quantitative estimate of drug-likeness (QED) is 0.835. The van der Waals surface area contributed by atoms with E-state index in [1.165, 1.54) is 0 Å². The van der Waals surface area contributed by atoms with Crippen LogP contribution in [0.2, 0.25) is 0 Å². The van der Waals surface area contributed by atoms with E-state index in [9.17, 15) is 0 Å². The van der Waals surface area contributed by atoms with Crippen LogP contribution in [0.5, 0.6) is 0 Å². The van der Waals surface area contributed by atoms with Gasteiger partial charge in [-0.15, -0.1) is 0 Å². The SMILES string of the molecule is CCNc1ccnc(C2(NCC)C=CC=CC2)c1. The highest BCUT2D eigenvalue weighted by atomic mass is 15.0. The predicted octanol–water partition coefficient (Wildman–Crippen LogP) is 2.83. The van der Waals surface area contributed by atoms with Gasteiger partial charge in [-0.1, -0.05) is 31.2 Å². The summed E-state index contributed by atoms with van der Waals surface area (Å²) in [6, 6.07) is 4.14. The molecule has 1 aliphatic carbocycles. The maximum absolute atomic E-state index is 4.55. The van der Waals surface area contributed by atoms with E-state index in [0.29, 0.717) is 0 Å². The van der Waals surface area contributed by atoms with Crippen molar-refractivity contribution in [3.63, 3.8) is 0 Å². The second-order valence-electron chi connectivity index (χ2n) is 4.45. The van der Waals surface area contributed by atoms with Gasteiger partial charge in [0.1, 0.15) is 0 Å². The summed E-state index contributed by atoms with van der Waals surface area (Å²) in [5, 5.41) is 6.89. The van der Waals surface area contributed by atoms with Crippen molar-refractivity contribution >= 4 is 5.69 Å². The lowest BCUT2D eigenvalue weighted by molar-refractivity contribution is 0.417. The first-order valence-corrected chi connectivity index (χ1v) is 6.60. The Bertz CT molecular complexity index is 451. The number of hydrogen-bond acceptors (Lipinski definition) is 3. The van der Waals surface area contributed by atoms with Gasteiger partial charge >= 0.3 is 0 Å². The molecule has 1 heterocycles. The molecule has 2 rings (SSSR count). The minimum Gasteiger partial charge on any atom is -0.385 e. The number of anilines is 1. The third kappa shape index (κ3) is 2.62. The second kappa shape index (κ2) is 5.83. The number of likely N-dealkylation sites (N-methyl/N-ethyl adjacent to an activating group) is 1. The molecule has 18 heavy (non-hydrogen) atoms. The molecule has 2 N–H and O–H groups in total. The average Bonchev–Trinajstić information content (AvgIpc) is 2.41. The highest BCUT2D eigenvalue weighted by molar-refractivity contribution is 5.46. The Kier molecular flexibility index (Phi) is 4.15. The van der Waals surface area contributed by atoms with Crippen LogP contribution in [-0.4, -0.2) is 18.1 Å². The van der Waals surface area contributed by atoms with Crippen LogP contribution in [0.4, 0.5) is 5.69 Å². The molecule has 0 aromatic carbocycles. The van der Waals surface area contributed by atoms with Crippen LogP contribution in [0.25, 0.3) is 0 Å². The molecule has 1 unspecified atom stereocenters. The molecular formula is C15H21N3. The topological polar surface area (TPSA) is 37.0 Å². The van der Waals surface area contributed by atoms with Gasteiger partial charge in [-0.2, -0.15) is 0 Å². The van der Waals surface area contributed by atoms with Crippen LogP contribution >= 0.6 is 0 Å². The molecule has 96 valence electrons. The summed E-state index contributed by atoms with van der Waals surface area (Å²) < 4.78 is 0. The molecule has 0 bridgehead atoms. The number of pyridine rings is 1. The molecule has 0 radical (unpaired) electrons. The number of nitrogens with zero attached hydrogens (tertiary/aromatic N) is 1. The normalized spacial score (nSPS) is 22.1. The zero-order valence-electron chi connectivity index (χ0n) is 11.1. The van der Waals surface area contributed by atoms with Crippen LogP contribution in [0.15, 0.2) is 42.6 Å². The van der Waals surface area contributed by atoms with Crippen molar-refractivity contribution in [2.75, 3.05) is 18.4 Å². The standard InChI is InChI=1S/C15H21N3/c1-3-16-13-8-11-17-14(12-13)15(18-4-2)9-6-5-7-10-15/h5-9,11-12,18H,3-4,10H2,1-2H3,(H,16,17). The van der Waals surface area contributed by atoms with Crippen LogP contribution < -0.4 is 10.6 Å². The Morgan fingerprint density at radius 2 is 2.17 bits per heavy atom. The van der Waals surface area contributed by atoms with Crippen LogP contribution in [-0.2, 0) is 5.54 Å². The number of aromatic nitrogens is 1. The molecule has 1 atom stereocenters. The largest absolute Gasteiger partial charge is 0.385 e. The molecule has 1 aromatic heterocycles. The van der Waals surface area contributed by atoms with Crippen LogP contribution in [0, 0.1) is 0 Å². The van der Waals surface area contributed by atoms with E-state index in [1.807, 2.05) is 12.3 Å². The molecule has 0 saturated carbocycles. The average molecular weight is 243 g/mol. The number of hydrogen-bond donors (Lipinski definition) is 2. The van der Waals surface area contributed by atoms with Crippen molar-refractivity contribution in [1.82, 2.24) is 10.3 Å². The van der Waals surface area contributed by atoms with E-state index in [4.69, 9.17) is 0 Å². The van der Waals surface area contributed by atoms with Gasteiger partial charge < -0.3 is 10.6 Å². The molecule has 0 spiro atoms. The van der Waals surface area contributed by atoms with Gasteiger partial charge in [0.2, 0.25) is 0 Å². The van der Waals surface area contributed by atoms with Gasteiger partial charge in [0.15, 0.2) is 0 Å². The summed E-state index contributed by atoms with van der Waals surface area (Å²) in [7, 11) is 0. The molecule has 0 amide bonds. The van der Waals surface area contributed by atoms with Crippen molar-refractivity contribution in [3.8, 4) is 0 Å². The minimum absolute atomic E-state index is 0.158. The third-order valence-corrected chi connectivity index (χ3v) is 3.16. The van der Waals surface area contributed by atoms with E-state index in [-0.39, 0.29) is 5.54 Å².